The highest BCUT2D eigenvalue weighted by Gasteiger charge is 2.37. The fraction of sp³-hybridized carbons (Fsp3) is 0.846. The first-order valence-corrected chi connectivity index (χ1v) is 6.62. The van der Waals surface area contributed by atoms with Crippen molar-refractivity contribution >= 4 is 12.1 Å². The minimum Gasteiger partial charge on any atom is -0.464 e. The van der Waals surface area contributed by atoms with Crippen LogP contribution in [0.25, 0.3) is 0 Å². The van der Waals surface area contributed by atoms with Crippen LogP contribution in [0.4, 0.5) is 4.79 Å². The van der Waals surface area contributed by atoms with Crippen molar-refractivity contribution in [1.29, 1.82) is 0 Å². The van der Waals surface area contributed by atoms with Crippen molar-refractivity contribution in [2.24, 2.45) is 0 Å². The molecule has 1 heterocycles. The minimum absolute atomic E-state index is 0.0201. The Bertz CT molecular complexity index is 323. The molecule has 1 aliphatic rings. The molecule has 110 valence electrons. The fourth-order valence-electron chi connectivity index (χ4n) is 1.88. The van der Waals surface area contributed by atoms with Gasteiger partial charge in [-0.2, -0.15) is 0 Å². The summed E-state index contributed by atoms with van der Waals surface area (Å²) in [5, 5.41) is 8.64. The fourth-order valence-corrected chi connectivity index (χ4v) is 1.88. The van der Waals surface area contributed by atoms with Gasteiger partial charge in [-0.15, -0.1) is 0 Å². The number of nitrogens with zero attached hydrogens (tertiary/aromatic N) is 1. The lowest BCUT2D eigenvalue weighted by atomic mass is 10.2. The van der Waals surface area contributed by atoms with Gasteiger partial charge in [0.1, 0.15) is 11.6 Å². The summed E-state index contributed by atoms with van der Waals surface area (Å²) < 4.78 is 10.3. The van der Waals surface area contributed by atoms with Gasteiger partial charge in [0, 0.05) is 19.6 Å². The van der Waals surface area contributed by atoms with Gasteiger partial charge in [0.15, 0.2) is 0 Å². The molecule has 0 radical (unpaired) electrons. The van der Waals surface area contributed by atoms with E-state index in [1.165, 1.54) is 4.90 Å². The number of rotatable bonds is 4. The van der Waals surface area contributed by atoms with Gasteiger partial charge in [-0.3, -0.25) is 4.90 Å². The summed E-state index contributed by atoms with van der Waals surface area (Å²) >= 11 is 0. The number of carbonyl (C=O) groups is 2. The van der Waals surface area contributed by atoms with Gasteiger partial charge >= 0.3 is 12.1 Å². The highest BCUT2D eigenvalue weighted by atomic mass is 16.6. The van der Waals surface area contributed by atoms with E-state index in [1.807, 2.05) is 0 Å². The molecule has 0 spiro atoms. The van der Waals surface area contributed by atoms with Crippen LogP contribution in [0, 0.1) is 0 Å². The van der Waals surface area contributed by atoms with E-state index in [0.29, 0.717) is 19.4 Å². The first-order valence-electron chi connectivity index (χ1n) is 6.62. The van der Waals surface area contributed by atoms with Crippen molar-refractivity contribution in [3.8, 4) is 0 Å². The van der Waals surface area contributed by atoms with Crippen molar-refractivity contribution in [1.82, 2.24) is 4.90 Å². The molecule has 1 unspecified atom stereocenters. The van der Waals surface area contributed by atoms with Crippen molar-refractivity contribution in [2.75, 3.05) is 19.8 Å². The zero-order chi connectivity index (χ0) is 14.5. The Hall–Kier alpha value is -1.30. The molecule has 1 fully saturated rings. The van der Waals surface area contributed by atoms with Crippen LogP contribution in [0.1, 0.15) is 40.0 Å². The number of esters is 1. The summed E-state index contributed by atoms with van der Waals surface area (Å²) in [4.78, 5) is 25.2. The predicted molar refractivity (Wildman–Crippen MR) is 68.6 cm³/mol. The number of carbonyl (C=O) groups excluding carboxylic acids is 2. The molecule has 0 saturated carbocycles. The lowest BCUT2D eigenvalue weighted by molar-refractivity contribution is -0.149. The van der Waals surface area contributed by atoms with Crippen LogP contribution in [-0.2, 0) is 14.3 Å². The Kier molecular flexibility index (Phi) is 5.60. The molecule has 1 saturated heterocycles. The average Bonchev–Trinajstić information content (AvgIpc) is 2.75. The molecular formula is C13H23NO5. The largest absolute Gasteiger partial charge is 0.464 e. The smallest absolute Gasteiger partial charge is 0.411 e. The van der Waals surface area contributed by atoms with Crippen molar-refractivity contribution < 1.29 is 24.2 Å². The van der Waals surface area contributed by atoms with Crippen molar-refractivity contribution in [3.63, 3.8) is 0 Å². The number of hydrogen-bond donors (Lipinski definition) is 1. The van der Waals surface area contributed by atoms with Crippen LogP contribution >= 0.6 is 0 Å². The van der Waals surface area contributed by atoms with E-state index in [1.54, 1.807) is 20.8 Å². The van der Waals surface area contributed by atoms with Crippen LogP contribution in [-0.4, -0.2) is 53.5 Å². The van der Waals surface area contributed by atoms with E-state index >= 15 is 0 Å². The van der Waals surface area contributed by atoms with Crippen LogP contribution in [0.5, 0.6) is 0 Å². The Morgan fingerprint density at radius 1 is 1.37 bits per heavy atom. The lowest BCUT2D eigenvalue weighted by Crippen LogP contribution is -2.44. The first-order chi connectivity index (χ1) is 8.85. The molecule has 1 N–H and O–H groups in total. The third kappa shape index (κ3) is 5.06. The number of aliphatic hydroxyl groups is 1. The molecule has 1 rings (SSSR count). The van der Waals surface area contributed by atoms with Gasteiger partial charge in [-0.05, 0) is 33.6 Å². The topological polar surface area (TPSA) is 76.1 Å². The van der Waals surface area contributed by atoms with Gasteiger partial charge in [-0.25, -0.2) is 9.59 Å². The molecule has 0 aliphatic carbocycles. The van der Waals surface area contributed by atoms with E-state index in [9.17, 15) is 9.59 Å². The predicted octanol–water partition coefficient (Wildman–Crippen LogP) is 1.31. The highest BCUT2D eigenvalue weighted by Crippen LogP contribution is 2.21. The maximum atomic E-state index is 12.0. The monoisotopic (exact) mass is 273 g/mol. The van der Waals surface area contributed by atoms with Gasteiger partial charge < -0.3 is 14.6 Å². The van der Waals surface area contributed by atoms with Crippen molar-refractivity contribution in [2.45, 2.75) is 51.7 Å². The molecule has 1 atom stereocenters. The average molecular weight is 273 g/mol. The lowest BCUT2D eigenvalue weighted by Gasteiger charge is -2.27. The summed E-state index contributed by atoms with van der Waals surface area (Å²) in [6, 6.07) is -0.562. The standard InChI is InChI=1S/C13H23NO5/c1-13(2,3)19-12(17)14-7-4-6-10(14)11(16)18-9-5-8-15/h10,15H,4-9H2,1-3H3. The van der Waals surface area contributed by atoms with E-state index in [-0.39, 0.29) is 13.2 Å². The third-order valence-corrected chi connectivity index (χ3v) is 2.70. The molecule has 0 aromatic carbocycles. The summed E-state index contributed by atoms with van der Waals surface area (Å²) in [6.07, 6.45) is 1.29. The molecule has 6 heteroatoms. The summed E-state index contributed by atoms with van der Waals surface area (Å²) in [6.45, 7) is 6.02. The van der Waals surface area contributed by atoms with Crippen LogP contribution in [0.3, 0.4) is 0 Å². The van der Waals surface area contributed by atoms with Crippen LogP contribution in [0.2, 0.25) is 0 Å². The Balaban J connectivity index is 2.53. The van der Waals surface area contributed by atoms with E-state index < -0.39 is 23.7 Å². The highest BCUT2D eigenvalue weighted by molar-refractivity contribution is 5.82. The Morgan fingerprint density at radius 3 is 2.63 bits per heavy atom. The number of likely N-dealkylation sites (tertiary alicyclic amines) is 1. The second-order valence-corrected chi connectivity index (χ2v) is 5.58. The molecule has 1 aliphatic heterocycles. The Labute approximate surface area is 113 Å². The molecule has 19 heavy (non-hydrogen) atoms. The normalized spacial score (nSPS) is 19.4. The maximum absolute atomic E-state index is 12.0. The summed E-state index contributed by atoms with van der Waals surface area (Å²) in [5.74, 6) is -0.420. The van der Waals surface area contributed by atoms with Crippen LogP contribution < -0.4 is 0 Å². The van der Waals surface area contributed by atoms with Crippen LogP contribution in [0.15, 0.2) is 0 Å². The first kappa shape index (κ1) is 15.8. The van der Waals surface area contributed by atoms with Gasteiger partial charge in [0.05, 0.1) is 6.61 Å². The number of amides is 1. The summed E-state index contributed by atoms with van der Waals surface area (Å²) in [7, 11) is 0. The number of aliphatic hydroxyl groups excluding tert-OH is 1. The van der Waals surface area contributed by atoms with Crippen molar-refractivity contribution in [3.05, 3.63) is 0 Å². The zero-order valence-electron chi connectivity index (χ0n) is 11.8. The third-order valence-electron chi connectivity index (χ3n) is 2.70. The minimum atomic E-state index is -0.578. The second kappa shape index (κ2) is 6.75. The van der Waals surface area contributed by atoms with E-state index in [2.05, 4.69) is 0 Å². The second-order valence-electron chi connectivity index (χ2n) is 5.58. The molecule has 0 aromatic heterocycles. The van der Waals surface area contributed by atoms with E-state index in [0.717, 1.165) is 6.42 Å². The molecular weight excluding hydrogens is 250 g/mol. The summed E-state index contributed by atoms with van der Waals surface area (Å²) in [5.41, 5.74) is -0.578. The zero-order valence-corrected chi connectivity index (χ0v) is 11.8. The maximum Gasteiger partial charge on any atom is 0.411 e. The van der Waals surface area contributed by atoms with Gasteiger partial charge in [-0.1, -0.05) is 0 Å². The Morgan fingerprint density at radius 2 is 2.05 bits per heavy atom. The molecule has 6 nitrogen and oxygen atoms in total. The number of hydrogen-bond acceptors (Lipinski definition) is 5. The van der Waals surface area contributed by atoms with E-state index in [4.69, 9.17) is 14.6 Å². The molecule has 0 bridgehead atoms. The molecule has 1 amide bonds. The quantitative estimate of drug-likeness (QED) is 0.617. The SMILES string of the molecule is CC(C)(C)OC(=O)N1CCCC1C(=O)OCCCO. The molecule has 0 aromatic rings. The van der Waals surface area contributed by atoms with Gasteiger partial charge in [0.25, 0.3) is 0 Å². The van der Waals surface area contributed by atoms with Gasteiger partial charge in [0.2, 0.25) is 0 Å². The number of ether oxygens (including phenoxy) is 2.